The number of non-ortho nitro benzene ring substituents is 1. The molecule has 8 heteroatoms. The molecule has 3 rings (SSSR count). The summed E-state index contributed by atoms with van der Waals surface area (Å²) in [6.45, 7) is 5.21. The minimum Gasteiger partial charge on any atom is -0.465 e. The number of carbonyl (C=O) groups excluding carboxylic acids is 2. The van der Waals surface area contributed by atoms with Crippen LogP contribution in [0, 0.1) is 10.1 Å². The molecular weight excluding hydrogens is 338 g/mol. The van der Waals surface area contributed by atoms with Crippen molar-refractivity contribution in [2.24, 2.45) is 0 Å². The number of hydrogen-bond donors (Lipinski definition) is 0. The maximum absolute atomic E-state index is 12.8. The Bertz CT molecular complexity index is 750. The molecule has 8 nitrogen and oxygen atoms in total. The Morgan fingerprint density at radius 2 is 2.12 bits per heavy atom. The van der Waals surface area contributed by atoms with Gasteiger partial charge >= 0.3 is 5.97 Å². The van der Waals surface area contributed by atoms with Crippen LogP contribution in [-0.2, 0) is 20.7 Å². The number of carbonyl (C=O) groups is 2. The molecule has 1 amide bonds. The summed E-state index contributed by atoms with van der Waals surface area (Å²) >= 11 is 0. The molecule has 140 valence electrons. The second-order valence-electron chi connectivity index (χ2n) is 6.88. The first kappa shape index (κ1) is 18.3. The van der Waals surface area contributed by atoms with Gasteiger partial charge in [0.15, 0.2) is 0 Å². The molecule has 2 aliphatic rings. The van der Waals surface area contributed by atoms with Crippen molar-refractivity contribution in [1.29, 1.82) is 0 Å². The summed E-state index contributed by atoms with van der Waals surface area (Å²) in [4.78, 5) is 39.2. The van der Waals surface area contributed by atoms with E-state index in [1.165, 1.54) is 12.1 Å². The minimum absolute atomic E-state index is 0.0347. The molecule has 0 aliphatic carbocycles. The molecule has 0 bridgehead atoms. The van der Waals surface area contributed by atoms with Crippen LogP contribution in [0.4, 0.5) is 11.4 Å². The summed E-state index contributed by atoms with van der Waals surface area (Å²) in [5.74, 6) is -0.391. The van der Waals surface area contributed by atoms with Gasteiger partial charge < -0.3 is 9.64 Å². The topological polar surface area (TPSA) is 93.0 Å². The maximum Gasteiger partial charge on any atom is 0.326 e. The fraction of sp³-hybridized carbons (Fsp3) is 0.556. The monoisotopic (exact) mass is 361 g/mol. The molecule has 1 aromatic carbocycles. The lowest BCUT2D eigenvalue weighted by Crippen LogP contribution is -2.52. The van der Waals surface area contributed by atoms with Crippen LogP contribution in [0.15, 0.2) is 18.2 Å². The van der Waals surface area contributed by atoms with E-state index in [9.17, 15) is 19.7 Å². The zero-order valence-corrected chi connectivity index (χ0v) is 15.1. The zero-order chi connectivity index (χ0) is 18.9. The van der Waals surface area contributed by atoms with E-state index in [4.69, 9.17) is 4.74 Å². The highest BCUT2D eigenvalue weighted by Gasteiger charge is 2.45. The third-order valence-corrected chi connectivity index (χ3v) is 5.30. The van der Waals surface area contributed by atoms with Crippen molar-refractivity contribution in [2.75, 3.05) is 31.1 Å². The van der Waals surface area contributed by atoms with Gasteiger partial charge in [0.1, 0.15) is 5.54 Å². The van der Waals surface area contributed by atoms with Crippen LogP contribution in [-0.4, -0.2) is 53.5 Å². The van der Waals surface area contributed by atoms with Crippen molar-refractivity contribution in [2.45, 2.75) is 38.6 Å². The number of ether oxygens (including phenoxy) is 1. The van der Waals surface area contributed by atoms with Crippen LogP contribution < -0.4 is 4.90 Å². The molecule has 1 aromatic rings. The average Bonchev–Trinajstić information content (AvgIpc) is 3.19. The van der Waals surface area contributed by atoms with Crippen LogP contribution in [0.25, 0.3) is 0 Å². The van der Waals surface area contributed by atoms with Gasteiger partial charge in [-0.05, 0) is 51.3 Å². The quantitative estimate of drug-likeness (QED) is 0.452. The molecule has 0 saturated carbocycles. The summed E-state index contributed by atoms with van der Waals surface area (Å²) in [7, 11) is 0. The fourth-order valence-electron chi connectivity index (χ4n) is 3.80. The summed E-state index contributed by atoms with van der Waals surface area (Å²) in [5.41, 5.74) is 0.788. The summed E-state index contributed by atoms with van der Waals surface area (Å²) < 4.78 is 5.19. The molecule has 0 spiro atoms. The highest BCUT2D eigenvalue weighted by atomic mass is 16.6. The third-order valence-electron chi connectivity index (χ3n) is 5.30. The largest absolute Gasteiger partial charge is 0.465 e. The van der Waals surface area contributed by atoms with Crippen LogP contribution in [0.5, 0.6) is 0 Å². The SMILES string of the molecule is CCOC(=O)C1(C)CCCN1CC(=O)N1CCc2cc([N+](=O)[O-])ccc21. The highest BCUT2D eigenvalue weighted by molar-refractivity contribution is 5.97. The van der Waals surface area contributed by atoms with E-state index in [1.54, 1.807) is 17.9 Å². The standard InChI is InChI=1S/C18H23N3O5/c1-3-26-17(23)18(2)8-4-9-19(18)12-16(22)20-10-7-13-11-14(21(24)25)5-6-15(13)20/h5-6,11H,3-4,7-10,12H2,1-2H3. The second-order valence-corrected chi connectivity index (χ2v) is 6.88. The van der Waals surface area contributed by atoms with Gasteiger partial charge in [-0.15, -0.1) is 0 Å². The van der Waals surface area contributed by atoms with Gasteiger partial charge in [-0.25, -0.2) is 0 Å². The van der Waals surface area contributed by atoms with Crippen molar-refractivity contribution in [3.05, 3.63) is 33.9 Å². The first-order chi connectivity index (χ1) is 12.4. The number of nitro groups is 1. The van der Waals surface area contributed by atoms with Crippen LogP contribution in [0.3, 0.4) is 0 Å². The lowest BCUT2D eigenvalue weighted by molar-refractivity contribution is -0.384. The summed E-state index contributed by atoms with van der Waals surface area (Å²) in [6, 6.07) is 4.58. The summed E-state index contributed by atoms with van der Waals surface area (Å²) in [6.07, 6.45) is 2.10. The van der Waals surface area contributed by atoms with Gasteiger partial charge in [0.2, 0.25) is 5.91 Å². The highest BCUT2D eigenvalue weighted by Crippen LogP contribution is 2.33. The molecule has 2 aliphatic heterocycles. The number of benzene rings is 1. The fourth-order valence-corrected chi connectivity index (χ4v) is 3.80. The second kappa shape index (κ2) is 7.03. The zero-order valence-electron chi connectivity index (χ0n) is 15.1. The molecule has 0 N–H and O–H groups in total. The Balaban J connectivity index is 1.74. The number of nitro benzene ring substituents is 1. The molecule has 2 heterocycles. The molecule has 1 fully saturated rings. The Morgan fingerprint density at radius 1 is 1.35 bits per heavy atom. The predicted octanol–water partition coefficient (Wildman–Crippen LogP) is 1.90. The lowest BCUT2D eigenvalue weighted by atomic mass is 9.99. The normalized spacial score (nSPS) is 22.3. The number of likely N-dealkylation sites (tertiary alicyclic amines) is 1. The molecule has 0 radical (unpaired) electrons. The number of fused-ring (bicyclic) bond motifs is 1. The van der Waals surface area contributed by atoms with E-state index < -0.39 is 10.5 Å². The van der Waals surface area contributed by atoms with Crippen LogP contribution >= 0.6 is 0 Å². The molecule has 1 saturated heterocycles. The molecule has 0 aromatic heterocycles. The van der Waals surface area contributed by atoms with Crippen molar-refractivity contribution in [1.82, 2.24) is 4.90 Å². The number of rotatable bonds is 5. The predicted molar refractivity (Wildman–Crippen MR) is 95.0 cm³/mol. The van der Waals surface area contributed by atoms with E-state index in [0.29, 0.717) is 32.5 Å². The Kier molecular flexibility index (Phi) is 4.95. The van der Waals surface area contributed by atoms with Gasteiger partial charge in [0.25, 0.3) is 5.69 Å². The van der Waals surface area contributed by atoms with Crippen molar-refractivity contribution < 1.29 is 19.2 Å². The van der Waals surface area contributed by atoms with Crippen LogP contribution in [0.1, 0.15) is 32.3 Å². The number of amides is 1. The van der Waals surface area contributed by atoms with Gasteiger partial charge in [-0.2, -0.15) is 0 Å². The lowest BCUT2D eigenvalue weighted by Gasteiger charge is -2.33. The van der Waals surface area contributed by atoms with E-state index in [0.717, 1.165) is 17.7 Å². The number of hydrogen-bond acceptors (Lipinski definition) is 6. The molecule has 1 unspecified atom stereocenters. The first-order valence-corrected chi connectivity index (χ1v) is 8.87. The van der Waals surface area contributed by atoms with Gasteiger partial charge in [0.05, 0.1) is 18.1 Å². The maximum atomic E-state index is 12.8. The average molecular weight is 361 g/mol. The number of anilines is 1. The van der Waals surface area contributed by atoms with Gasteiger partial charge in [0, 0.05) is 24.4 Å². The smallest absolute Gasteiger partial charge is 0.326 e. The Hall–Kier alpha value is -2.48. The van der Waals surface area contributed by atoms with Gasteiger partial charge in [-0.3, -0.25) is 24.6 Å². The summed E-state index contributed by atoms with van der Waals surface area (Å²) in [5, 5.41) is 10.9. The van der Waals surface area contributed by atoms with E-state index in [1.807, 2.05) is 11.8 Å². The molecular formula is C18H23N3O5. The third kappa shape index (κ3) is 3.16. The van der Waals surface area contributed by atoms with Crippen molar-refractivity contribution in [3.8, 4) is 0 Å². The van der Waals surface area contributed by atoms with Crippen LogP contribution in [0.2, 0.25) is 0 Å². The molecule has 26 heavy (non-hydrogen) atoms. The van der Waals surface area contributed by atoms with E-state index >= 15 is 0 Å². The molecule has 1 atom stereocenters. The number of esters is 1. The minimum atomic E-state index is -0.774. The van der Waals surface area contributed by atoms with E-state index in [2.05, 4.69) is 0 Å². The van der Waals surface area contributed by atoms with Crippen molar-refractivity contribution in [3.63, 3.8) is 0 Å². The van der Waals surface area contributed by atoms with Gasteiger partial charge in [-0.1, -0.05) is 0 Å². The Morgan fingerprint density at radius 3 is 2.81 bits per heavy atom. The van der Waals surface area contributed by atoms with Crippen molar-refractivity contribution >= 4 is 23.3 Å². The van der Waals surface area contributed by atoms with E-state index in [-0.39, 0.29) is 24.1 Å². The first-order valence-electron chi connectivity index (χ1n) is 8.87. The Labute approximate surface area is 151 Å². The number of nitrogens with zero attached hydrogens (tertiary/aromatic N) is 3.